The third kappa shape index (κ3) is 5.41. The van der Waals surface area contributed by atoms with E-state index in [0.29, 0.717) is 12.0 Å². The minimum Gasteiger partial charge on any atom is -0.343 e. The van der Waals surface area contributed by atoms with Crippen molar-refractivity contribution in [2.24, 2.45) is 0 Å². The van der Waals surface area contributed by atoms with Gasteiger partial charge in [-0.05, 0) is 44.5 Å². The molecule has 0 heterocycles. The predicted octanol–water partition coefficient (Wildman–Crippen LogP) is 2.30. The van der Waals surface area contributed by atoms with E-state index in [2.05, 4.69) is 11.4 Å². The number of hydrogen-bond acceptors (Lipinski definition) is 3. The van der Waals surface area contributed by atoms with Crippen LogP contribution in [0, 0.1) is 11.3 Å². The third-order valence-electron chi connectivity index (χ3n) is 3.27. The van der Waals surface area contributed by atoms with E-state index in [1.807, 2.05) is 43.0 Å². The minimum atomic E-state index is 0.232. The van der Waals surface area contributed by atoms with E-state index >= 15 is 0 Å². The van der Waals surface area contributed by atoms with Crippen LogP contribution in [-0.2, 0) is 11.3 Å². The van der Waals surface area contributed by atoms with E-state index in [1.54, 1.807) is 0 Å². The maximum Gasteiger partial charge on any atom is 0.222 e. The van der Waals surface area contributed by atoms with Crippen LogP contribution in [0.2, 0.25) is 0 Å². The molecule has 4 nitrogen and oxygen atoms in total. The quantitative estimate of drug-likeness (QED) is 0.739. The zero-order chi connectivity index (χ0) is 14.8. The average molecular weight is 273 g/mol. The first-order valence-electron chi connectivity index (χ1n) is 7.18. The SMILES string of the molecule is CCN(CC)C(=O)CCCNCc1ccc(C#N)cc1. The number of nitrogens with zero attached hydrogens (tertiary/aromatic N) is 2. The fourth-order valence-electron chi connectivity index (χ4n) is 2.03. The van der Waals surface area contributed by atoms with Crippen molar-refractivity contribution in [1.29, 1.82) is 5.26 Å². The smallest absolute Gasteiger partial charge is 0.222 e. The van der Waals surface area contributed by atoms with Gasteiger partial charge in [-0.1, -0.05) is 12.1 Å². The fourth-order valence-corrected chi connectivity index (χ4v) is 2.03. The Kier molecular flexibility index (Phi) is 7.38. The van der Waals surface area contributed by atoms with Crippen molar-refractivity contribution in [2.75, 3.05) is 19.6 Å². The van der Waals surface area contributed by atoms with E-state index in [4.69, 9.17) is 5.26 Å². The summed E-state index contributed by atoms with van der Waals surface area (Å²) < 4.78 is 0. The number of carbonyl (C=O) groups is 1. The van der Waals surface area contributed by atoms with Crippen molar-refractivity contribution in [2.45, 2.75) is 33.2 Å². The number of hydrogen-bond donors (Lipinski definition) is 1. The molecule has 4 heteroatoms. The lowest BCUT2D eigenvalue weighted by molar-refractivity contribution is -0.130. The molecule has 0 unspecified atom stereocenters. The van der Waals surface area contributed by atoms with Gasteiger partial charge in [0.15, 0.2) is 0 Å². The summed E-state index contributed by atoms with van der Waals surface area (Å²) in [4.78, 5) is 13.6. The van der Waals surface area contributed by atoms with Gasteiger partial charge in [-0.15, -0.1) is 0 Å². The molecule has 1 rings (SSSR count). The molecule has 1 N–H and O–H groups in total. The van der Waals surface area contributed by atoms with Gasteiger partial charge in [0.2, 0.25) is 5.91 Å². The molecule has 0 spiro atoms. The Labute approximate surface area is 121 Å². The summed E-state index contributed by atoms with van der Waals surface area (Å²) >= 11 is 0. The van der Waals surface area contributed by atoms with Gasteiger partial charge in [0.05, 0.1) is 11.6 Å². The van der Waals surface area contributed by atoms with Crippen LogP contribution in [-0.4, -0.2) is 30.4 Å². The van der Waals surface area contributed by atoms with E-state index in [1.165, 1.54) is 0 Å². The van der Waals surface area contributed by atoms with Crippen LogP contribution in [0.5, 0.6) is 0 Å². The molecule has 0 fully saturated rings. The second-order valence-corrected chi connectivity index (χ2v) is 4.66. The Morgan fingerprint density at radius 2 is 1.90 bits per heavy atom. The molecule has 0 aliphatic rings. The third-order valence-corrected chi connectivity index (χ3v) is 3.27. The molecule has 1 aromatic carbocycles. The van der Waals surface area contributed by atoms with Crippen LogP contribution in [0.1, 0.15) is 37.8 Å². The first-order chi connectivity index (χ1) is 9.71. The summed E-state index contributed by atoms with van der Waals surface area (Å²) in [6, 6.07) is 9.64. The van der Waals surface area contributed by atoms with Crippen LogP contribution in [0.15, 0.2) is 24.3 Å². The van der Waals surface area contributed by atoms with Gasteiger partial charge >= 0.3 is 0 Å². The first-order valence-corrected chi connectivity index (χ1v) is 7.18. The number of nitriles is 1. The summed E-state index contributed by atoms with van der Waals surface area (Å²) in [5, 5.41) is 12.0. The summed E-state index contributed by atoms with van der Waals surface area (Å²) in [6.45, 7) is 7.18. The van der Waals surface area contributed by atoms with Gasteiger partial charge in [0.1, 0.15) is 0 Å². The number of amides is 1. The number of benzene rings is 1. The van der Waals surface area contributed by atoms with Gasteiger partial charge in [-0.25, -0.2) is 0 Å². The molecule has 1 amide bonds. The highest BCUT2D eigenvalue weighted by molar-refractivity contribution is 5.76. The lowest BCUT2D eigenvalue weighted by atomic mass is 10.1. The Hall–Kier alpha value is -1.86. The fraction of sp³-hybridized carbons (Fsp3) is 0.500. The molecule has 108 valence electrons. The van der Waals surface area contributed by atoms with Crippen LogP contribution in [0.4, 0.5) is 0 Å². The highest BCUT2D eigenvalue weighted by atomic mass is 16.2. The van der Waals surface area contributed by atoms with E-state index in [0.717, 1.165) is 38.2 Å². The van der Waals surface area contributed by atoms with Crippen molar-refractivity contribution in [3.63, 3.8) is 0 Å². The van der Waals surface area contributed by atoms with Crippen molar-refractivity contribution in [1.82, 2.24) is 10.2 Å². The predicted molar refractivity (Wildman–Crippen MR) is 80.0 cm³/mol. The van der Waals surface area contributed by atoms with Crippen LogP contribution >= 0.6 is 0 Å². The molecule has 1 aromatic rings. The number of carbonyl (C=O) groups excluding carboxylic acids is 1. The Balaban J connectivity index is 2.18. The molecule has 0 aliphatic heterocycles. The monoisotopic (exact) mass is 273 g/mol. The zero-order valence-corrected chi connectivity index (χ0v) is 12.4. The maximum atomic E-state index is 11.8. The van der Waals surface area contributed by atoms with Crippen molar-refractivity contribution < 1.29 is 4.79 Å². The molecule has 0 saturated carbocycles. The molecule has 0 aromatic heterocycles. The Morgan fingerprint density at radius 1 is 1.25 bits per heavy atom. The van der Waals surface area contributed by atoms with Crippen molar-refractivity contribution in [3.8, 4) is 6.07 Å². The van der Waals surface area contributed by atoms with Crippen LogP contribution in [0.3, 0.4) is 0 Å². The standard InChI is InChI=1S/C16H23N3O/c1-3-19(4-2)16(20)6-5-11-18-13-15-9-7-14(12-17)8-10-15/h7-10,18H,3-6,11,13H2,1-2H3. The molecule has 20 heavy (non-hydrogen) atoms. The molecule has 0 atom stereocenters. The first kappa shape index (κ1) is 16.2. The molecular weight excluding hydrogens is 250 g/mol. The summed E-state index contributed by atoms with van der Waals surface area (Å²) in [7, 11) is 0. The highest BCUT2D eigenvalue weighted by Gasteiger charge is 2.07. The Bertz CT molecular complexity index is 444. The van der Waals surface area contributed by atoms with Crippen molar-refractivity contribution >= 4 is 5.91 Å². The normalized spacial score (nSPS) is 10.1. The largest absolute Gasteiger partial charge is 0.343 e. The van der Waals surface area contributed by atoms with Gasteiger partial charge in [-0.3, -0.25) is 4.79 Å². The van der Waals surface area contributed by atoms with Gasteiger partial charge < -0.3 is 10.2 Å². The molecule has 0 aliphatic carbocycles. The second-order valence-electron chi connectivity index (χ2n) is 4.66. The van der Waals surface area contributed by atoms with Crippen molar-refractivity contribution in [3.05, 3.63) is 35.4 Å². The summed E-state index contributed by atoms with van der Waals surface area (Å²) in [5.74, 6) is 0.232. The van der Waals surface area contributed by atoms with E-state index < -0.39 is 0 Å². The number of nitrogens with one attached hydrogen (secondary N) is 1. The Morgan fingerprint density at radius 3 is 2.45 bits per heavy atom. The zero-order valence-electron chi connectivity index (χ0n) is 12.4. The van der Waals surface area contributed by atoms with Gasteiger partial charge in [0, 0.05) is 26.1 Å². The maximum absolute atomic E-state index is 11.8. The average Bonchev–Trinajstić information content (AvgIpc) is 2.49. The topological polar surface area (TPSA) is 56.1 Å². The van der Waals surface area contributed by atoms with Gasteiger partial charge in [0.25, 0.3) is 0 Å². The van der Waals surface area contributed by atoms with Crippen LogP contribution in [0.25, 0.3) is 0 Å². The highest BCUT2D eigenvalue weighted by Crippen LogP contribution is 2.03. The van der Waals surface area contributed by atoms with Gasteiger partial charge in [-0.2, -0.15) is 5.26 Å². The summed E-state index contributed by atoms with van der Waals surface area (Å²) in [6.07, 6.45) is 1.45. The van der Waals surface area contributed by atoms with E-state index in [-0.39, 0.29) is 5.91 Å². The molecule has 0 saturated heterocycles. The lowest BCUT2D eigenvalue weighted by Crippen LogP contribution is -2.30. The second kappa shape index (κ2) is 9.11. The van der Waals surface area contributed by atoms with Crippen LogP contribution < -0.4 is 5.32 Å². The summed E-state index contributed by atoms with van der Waals surface area (Å²) in [5.41, 5.74) is 1.83. The minimum absolute atomic E-state index is 0.232. The lowest BCUT2D eigenvalue weighted by Gasteiger charge is -2.18. The molecular formula is C16H23N3O. The molecule has 0 radical (unpaired) electrons. The van der Waals surface area contributed by atoms with E-state index in [9.17, 15) is 4.79 Å². The molecule has 0 bridgehead atoms. The number of rotatable bonds is 8.